The van der Waals surface area contributed by atoms with Gasteiger partial charge in [-0.2, -0.15) is 0 Å². The molecule has 26 heavy (non-hydrogen) atoms. The molecule has 2 heterocycles. The summed E-state index contributed by atoms with van der Waals surface area (Å²) in [6.07, 6.45) is 3.83. The van der Waals surface area contributed by atoms with E-state index in [2.05, 4.69) is 37.9 Å². The van der Waals surface area contributed by atoms with Crippen molar-refractivity contribution in [3.63, 3.8) is 0 Å². The van der Waals surface area contributed by atoms with Gasteiger partial charge in [-0.1, -0.05) is 30.7 Å². The lowest BCUT2D eigenvalue weighted by molar-refractivity contribution is 0.0697. The fraction of sp³-hybridized carbons (Fsp3) is 0.476. The third kappa shape index (κ3) is 3.87. The van der Waals surface area contributed by atoms with Crippen molar-refractivity contribution in [1.29, 1.82) is 0 Å². The predicted molar refractivity (Wildman–Crippen MR) is 105 cm³/mol. The Morgan fingerprint density at radius 3 is 2.69 bits per heavy atom. The number of amides is 1. The van der Waals surface area contributed by atoms with Crippen molar-refractivity contribution in [2.45, 2.75) is 33.6 Å². The number of hydrogen-bond acceptors (Lipinski definition) is 4. The number of anilines is 1. The normalized spacial score (nSPS) is 15.2. The molecule has 0 unspecified atom stereocenters. The van der Waals surface area contributed by atoms with Crippen LogP contribution in [0.5, 0.6) is 0 Å². The van der Waals surface area contributed by atoms with E-state index in [1.54, 1.807) is 6.20 Å². The van der Waals surface area contributed by atoms with Crippen molar-refractivity contribution in [2.24, 2.45) is 5.92 Å². The zero-order valence-corrected chi connectivity index (χ0v) is 16.2. The Kier molecular flexibility index (Phi) is 5.55. The lowest BCUT2D eigenvalue weighted by Gasteiger charge is -2.31. The van der Waals surface area contributed by atoms with Gasteiger partial charge in [-0.05, 0) is 38.7 Å². The van der Waals surface area contributed by atoms with Crippen molar-refractivity contribution >= 4 is 11.7 Å². The van der Waals surface area contributed by atoms with Gasteiger partial charge in [-0.15, -0.1) is 0 Å². The maximum Gasteiger partial charge on any atom is 0.259 e. The molecule has 1 aromatic heterocycles. The number of benzene rings is 1. The first-order valence-corrected chi connectivity index (χ1v) is 9.44. The third-order valence-electron chi connectivity index (χ3n) is 5.18. The van der Waals surface area contributed by atoms with Crippen molar-refractivity contribution in [3.05, 3.63) is 41.6 Å². The van der Waals surface area contributed by atoms with Crippen LogP contribution in [-0.4, -0.2) is 47.5 Å². The molecule has 0 N–H and O–H groups in total. The zero-order valence-electron chi connectivity index (χ0n) is 16.2. The molecule has 1 fully saturated rings. The fourth-order valence-corrected chi connectivity index (χ4v) is 3.27. The fourth-order valence-electron chi connectivity index (χ4n) is 3.27. The molecule has 1 aromatic carbocycles. The Morgan fingerprint density at radius 2 is 2.04 bits per heavy atom. The first-order valence-electron chi connectivity index (χ1n) is 9.44. The molecule has 0 aliphatic carbocycles. The monoisotopic (exact) mass is 352 g/mol. The minimum Gasteiger partial charge on any atom is -0.359 e. The molecule has 1 saturated heterocycles. The van der Waals surface area contributed by atoms with Gasteiger partial charge in [-0.3, -0.25) is 4.79 Å². The number of piperidine rings is 1. The number of hydrogen-bond donors (Lipinski definition) is 0. The first kappa shape index (κ1) is 18.4. The van der Waals surface area contributed by atoms with Crippen molar-refractivity contribution in [3.8, 4) is 11.4 Å². The van der Waals surface area contributed by atoms with Gasteiger partial charge in [0.05, 0.1) is 0 Å². The summed E-state index contributed by atoms with van der Waals surface area (Å²) >= 11 is 0. The van der Waals surface area contributed by atoms with Gasteiger partial charge in [0.15, 0.2) is 5.82 Å². The molecular formula is C21H28N4O. The summed E-state index contributed by atoms with van der Waals surface area (Å²) in [6.45, 7) is 8.77. The molecule has 0 atom stereocenters. The van der Waals surface area contributed by atoms with Gasteiger partial charge >= 0.3 is 0 Å². The van der Waals surface area contributed by atoms with Crippen molar-refractivity contribution in [1.82, 2.24) is 14.9 Å². The van der Waals surface area contributed by atoms with Crippen LogP contribution < -0.4 is 4.90 Å². The number of rotatable bonds is 4. The lowest BCUT2D eigenvalue weighted by Crippen LogP contribution is -2.39. The van der Waals surface area contributed by atoms with Gasteiger partial charge < -0.3 is 9.80 Å². The zero-order chi connectivity index (χ0) is 18.7. The molecule has 5 heteroatoms. The maximum absolute atomic E-state index is 13.1. The summed E-state index contributed by atoms with van der Waals surface area (Å²) in [5, 5.41) is 0. The molecule has 5 nitrogen and oxygen atoms in total. The number of likely N-dealkylation sites (tertiary alicyclic amines) is 1. The minimum absolute atomic E-state index is 0.0444. The Balaban J connectivity index is 1.96. The third-order valence-corrected chi connectivity index (χ3v) is 5.18. The largest absolute Gasteiger partial charge is 0.359 e. The number of carbonyl (C=O) groups excluding carboxylic acids is 1. The van der Waals surface area contributed by atoms with Crippen LogP contribution in [0.25, 0.3) is 11.4 Å². The van der Waals surface area contributed by atoms with Gasteiger partial charge in [0.1, 0.15) is 11.4 Å². The van der Waals surface area contributed by atoms with E-state index in [0.717, 1.165) is 38.0 Å². The quantitative estimate of drug-likeness (QED) is 0.840. The van der Waals surface area contributed by atoms with Crippen LogP contribution in [0.15, 0.2) is 30.5 Å². The van der Waals surface area contributed by atoms with Crippen LogP contribution in [0.1, 0.15) is 42.6 Å². The van der Waals surface area contributed by atoms with E-state index >= 15 is 0 Å². The molecule has 0 bridgehead atoms. The average Bonchev–Trinajstić information content (AvgIpc) is 2.67. The average molecular weight is 352 g/mol. The second kappa shape index (κ2) is 7.85. The van der Waals surface area contributed by atoms with Crippen molar-refractivity contribution in [2.75, 3.05) is 31.6 Å². The molecule has 0 spiro atoms. The Morgan fingerprint density at radius 1 is 1.31 bits per heavy atom. The summed E-state index contributed by atoms with van der Waals surface area (Å²) in [4.78, 5) is 26.3. The standard InChI is InChI=1S/C21H28N4O/c1-5-24(4)20-18(21(26)25-11-9-15(2)10-12-25)14-22-19(23-20)17-8-6-7-16(3)13-17/h6-8,13-15H,5,9-12H2,1-4H3. The maximum atomic E-state index is 13.1. The molecule has 1 aliphatic rings. The first-order chi connectivity index (χ1) is 12.5. The predicted octanol–water partition coefficient (Wildman–Crippen LogP) is 3.78. The van der Waals surface area contributed by atoms with Crippen LogP contribution in [0, 0.1) is 12.8 Å². The minimum atomic E-state index is 0.0444. The van der Waals surface area contributed by atoms with Crippen LogP contribution >= 0.6 is 0 Å². The molecule has 1 amide bonds. The van der Waals surface area contributed by atoms with Gasteiger partial charge in [0.25, 0.3) is 5.91 Å². The van der Waals surface area contributed by atoms with E-state index in [-0.39, 0.29) is 5.91 Å². The van der Waals surface area contributed by atoms with Crippen LogP contribution in [0.2, 0.25) is 0 Å². The highest BCUT2D eigenvalue weighted by atomic mass is 16.2. The Bertz CT molecular complexity index is 781. The smallest absolute Gasteiger partial charge is 0.259 e. The van der Waals surface area contributed by atoms with E-state index in [1.165, 1.54) is 5.56 Å². The lowest BCUT2D eigenvalue weighted by atomic mass is 9.99. The Hall–Kier alpha value is -2.43. The van der Waals surface area contributed by atoms with Crippen LogP contribution in [0.4, 0.5) is 5.82 Å². The van der Waals surface area contributed by atoms with Crippen molar-refractivity contribution < 1.29 is 4.79 Å². The summed E-state index contributed by atoms with van der Waals surface area (Å²) in [5.74, 6) is 2.11. The van der Waals surface area contributed by atoms with Gasteiger partial charge in [0.2, 0.25) is 0 Å². The molecule has 0 radical (unpaired) electrons. The molecular weight excluding hydrogens is 324 g/mol. The Labute approximate surface area is 156 Å². The second-order valence-corrected chi connectivity index (χ2v) is 7.29. The molecule has 2 aromatic rings. The van der Waals surface area contributed by atoms with Gasteiger partial charge in [0, 0.05) is 38.4 Å². The SMILES string of the molecule is CCN(C)c1nc(-c2cccc(C)c2)ncc1C(=O)N1CCC(C)CC1. The van der Waals surface area contributed by atoms with E-state index in [0.29, 0.717) is 23.1 Å². The van der Waals surface area contributed by atoms with Crippen LogP contribution in [0.3, 0.4) is 0 Å². The summed E-state index contributed by atoms with van der Waals surface area (Å²) in [7, 11) is 1.97. The summed E-state index contributed by atoms with van der Waals surface area (Å²) < 4.78 is 0. The van der Waals surface area contributed by atoms with Crippen LogP contribution in [-0.2, 0) is 0 Å². The summed E-state index contributed by atoms with van der Waals surface area (Å²) in [6, 6.07) is 8.13. The second-order valence-electron chi connectivity index (χ2n) is 7.29. The topological polar surface area (TPSA) is 49.3 Å². The van der Waals surface area contributed by atoms with E-state index < -0.39 is 0 Å². The number of aromatic nitrogens is 2. The highest BCUT2D eigenvalue weighted by Gasteiger charge is 2.25. The molecule has 138 valence electrons. The summed E-state index contributed by atoms with van der Waals surface area (Å²) in [5.41, 5.74) is 2.74. The molecule has 0 saturated carbocycles. The van der Waals surface area contributed by atoms with E-state index in [4.69, 9.17) is 4.98 Å². The molecule has 3 rings (SSSR count). The number of carbonyl (C=O) groups is 1. The van der Waals surface area contributed by atoms with Gasteiger partial charge in [-0.25, -0.2) is 9.97 Å². The number of nitrogens with zero attached hydrogens (tertiary/aromatic N) is 4. The highest BCUT2D eigenvalue weighted by molar-refractivity contribution is 5.99. The highest BCUT2D eigenvalue weighted by Crippen LogP contribution is 2.25. The van der Waals surface area contributed by atoms with E-state index in [1.807, 2.05) is 29.0 Å². The number of aryl methyl sites for hydroxylation is 1. The molecule has 1 aliphatic heterocycles. The van der Waals surface area contributed by atoms with E-state index in [9.17, 15) is 4.79 Å².